The maximum absolute atomic E-state index is 12.0. The van der Waals surface area contributed by atoms with Crippen molar-refractivity contribution in [1.82, 2.24) is 0 Å². The Morgan fingerprint density at radius 3 is 2.44 bits per heavy atom. The molecule has 3 atom stereocenters. The Bertz CT molecular complexity index is 417. The summed E-state index contributed by atoms with van der Waals surface area (Å²) >= 11 is 0. The van der Waals surface area contributed by atoms with Gasteiger partial charge in [0.15, 0.2) is 0 Å². The minimum atomic E-state index is -0.818. The lowest BCUT2D eigenvalue weighted by atomic mass is 10.0. The SMILES string of the molecule is CCC(C)CS(=O)CC(N)c1ccc(C)c(C)c1. The van der Waals surface area contributed by atoms with Crippen LogP contribution in [0.2, 0.25) is 0 Å². The van der Waals surface area contributed by atoms with E-state index in [0.717, 1.165) is 17.7 Å². The van der Waals surface area contributed by atoms with Crippen molar-refractivity contribution in [2.45, 2.75) is 40.2 Å². The van der Waals surface area contributed by atoms with E-state index in [1.165, 1.54) is 11.1 Å². The van der Waals surface area contributed by atoms with Crippen LogP contribution in [-0.4, -0.2) is 15.7 Å². The van der Waals surface area contributed by atoms with Crippen molar-refractivity contribution >= 4 is 10.8 Å². The van der Waals surface area contributed by atoms with Gasteiger partial charge in [-0.05, 0) is 36.5 Å². The quantitative estimate of drug-likeness (QED) is 0.860. The standard InChI is InChI=1S/C15H25NOS/c1-5-11(2)9-18(17)10-15(16)14-7-6-12(3)13(4)8-14/h6-8,11,15H,5,9-10,16H2,1-4H3. The van der Waals surface area contributed by atoms with Gasteiger partial charge in [0.2, 0.25) is 0 Å². The van der Waals surface area contributed by atoms with E-state index < -0.39 is 10.8 Å². The van der Waals surface area contributed by atoms with Gasteiger partial charge in [-0.2, -0.15) is 0 Å². The van der Waals surface area contributed by atoms with Gasteiger partial charge in [-0.25, -0.2) is 0 Å². The Kier molecular flexibility index (Phi) is 6.03. The normalized spacial score (nSPS) is 16.3. The zero-order valence-electron chi connectivity index (χ0n) is 11.9. The first-order valence-electron chi connectivity index (χ1n) is 6.61. The lowest BCUT2D eigenvalue weighted by molar-refractivity contribution is 0.612. The summed E-state index contributed by atoms with van der Waals surface area (Å²) in [4.78, 5) is 0. The largest absolute Gasteiger partial charge is 0.323 e. The molecule has 0 aliphatic rings. The zero-order valence-corrected chi connectivity index (χ0v) is 12.7. The maximum atomic E-state index is 12.0. The fraction of sp³-hybridized carbons (Fsp3) is 0.600. The Morgan fingerprint density at radius 2 is 1.89 bits per heavy atom. The van der Waals surface area contributed by atoms with E-state index in [0.29, 0.717) is 11.7 Å². The molecular formula is C15H25NOS. The summed E-state index contributed by atoms with van der Waals surface area (Å²) in [7, 11) is -0.818. The highest BCUT2D eigenvalue weighted by molar-refractivity contribution is 7.85. The average molecular weight is 267 g/mol. The third-order valence-electron chi connectivity index (χ3n) is 3.49. The van der Waals surface area contributed by atoms with Crippen LogP contribution in [0.15, 0.2) is 18.2 Å². The van der Waals surface area contributed by atoms with Gasteiger partial charge < -0.3 is 5.73 Å². The second-order valence-electron chi connectivity index (χ2n) is 5.24. The molecule has 1 rings (SSSR count). The number of hydrogen-bond donors (Lipinski definition) is 1. The smallest absolute Gasteiger partial charge is 0.0428 e. The van der Waals surface area contributed by atoms with Crippen LogP contribution in [-0.2, 0) is 10.8 Å². The van der Waals surface area contributed by atoms with Gasteiger partial charge >= 0.3 is 0 Å². The van der Waals surface area contributed by atoms with Gasteiger partial charge in [0.25, 0.3) is 0 Å². The van der Waals surface area contributed by atoms with E-state index in [-0.39, 0.29) is 6.04 Å². The summed E-state index contributed by atoms with van der Waals surface area (Å²) in [5, 5.41) is 0. The van der Waals surface area contributed by atoms with Crippen LogP contribution in [0.4, 0.5) is 0 Å². The summed E-state index contributed by atoms with van der Waals surface area (Å²) in [5.41, 5.74) is 9.75. The van der Waals surface area contributed by atoms with Gasteiger partial charge in [-0.1, -0.05) is 38.5 Å². The lowest BCUT2D eigenvalue weighted by Gasteiger charge is -2.15. The highest BCUT2D eigenvalue weighted by Gasteiger charge is 2.13. The Hall–Kier alpha value is -0.670. The topological polar surface area (TPSA) is 43.1 Å². The minimum Gasteiger partial charge on any atom is -0.323 e. The predicted molar refractivity (Wildman–Crippen MR) is 80.2 cm³/mol. The van der Waals surface area contributed by atoms with Crippen molar-refractivity contribution < 1.29 is 4.21 Å². The molecule has 102 valence electrons. The third kappa shape index (κ3) is 4.54. The molecule has 1 aromatic carbocycles. The van der Waals surface area contributed by atoms with Crippen molar-refractivity contribution in [1.29, 1.82) is 0 Å². The molecule has 0 amide bonds. The number of rotatable bonds is 6. The fourth-order valence-corrected chi connectivity index (χ4v) is 3.39. The molecule has 0 heterocycles. The van der Waals surface area contributed by atoms with Gasteiger partial charge in [-0.3, -0.25) is 4.21 Å². The summed E-state index contributed by atoms with van der Waals surface area (Å²) in [5.74, 6) is 1.83. The molecule has 3 unspecified atom stereocenters. The van der Waals surface area contributed by atoms with Crippen LogP contribution in [0.3, 0.4) is 0 Å². The molecule has 18 heavy (non-hydrogen) atoms. The number of nitrogens with two attached hydrogens (primary N) is 1. The highest BCUT2D eigenvalue weighted by Crippen LogP contribution is 2.17. The molecule has 1 aromatic rings. The first-order chi connectivity index (χ1) is 8.43. The molecule has 0 saturated carbocycles. The molecule has 0 saturated heterocycles. The van der Waals surface area contributed by atoms with Crippen LogP contribution >= 0.6 is 0 Å². The van der Waals surface area contributed by atoms with Crippen molar-refractivity contribution in [3.8, 4) is 0 Å². The zero-order chi connectivity index (χ0) is 13.7. The van der Waals surface area contributed by atoms with Crippen molar-refractivity contribution in [2.24, 2.45) is 11.7 Å². The molecule has 0 spiro atoms. The monoisotopic (exact) mass is 267 g/mol. The molecule has 0 fully saturated rings. The van der Waals surface area contributed by atoms with Crippen molar-refractivity contribution in [3.63, 3.8) is 0 Å². The third-order valence-corrected chi connectivity index (χ3v) is 5.16. The van der Waals surface area contributed by atoms with Gasteiger partial charge in [-0.15, -0.1) is 0 Å². The van der Waals surface area contributed by atoms with E-state index in [9.17, 15) is 4.21 Å². The Labute approximate surface area is 113 Å². The number of benzene rings is 1. The average Bonchev–Trinajstić information content (AvgIpc) is 2.32. The predicted octanol–water partition coefficient (Wildman–Crippen LogP) is 3.10. The van der Waals surface area contributed by atoms with Gasteiger partial charge in [0.1, 0.15) is 0 Å². The maximum Gasteiger partial charge on any atom is 0.0428 e. The molecule has 3 heteroatoms. The van der Waals surface area contributed by atoms with Gasteiger partial charge in [0, 0.05) is 28.3 Å². The summed E-state index contributed by atoms with van der Waals surface area (Å²) in [6, 6.07) is 6.13. The van der Waals surface area contributed by atoms with E-state index in [1.54, 1.807) is 0 Å². The second kappa shape index (κ2) is 7.05. The Morgan fingerprint density at radius 1 is 1.22 bits per heavy atom. The Balaban J connectivity index is 2.62. The molecule has 2 N–H and O–H groups in total. The van der Waals surface area contributed by atoms with Crippen molar-refractivity contribution in [2.75, 3.05) is 11.5 Å². The van der Waals surface area contributed by atoms with Crippen LogP contribution in [0.25, 0.3) is 0 Å². The molecule has 0 bridgehead atoms. The fourth-order valence-electron chi connectivity index (χ4n) is 1.79. The van der Waals surface area contributed by atoms with E-state index in [4.69, 9.17) is 5.73 Å². The minimum absolute atomic E-state index is 0.116. The summed E-state index contributed by atoms with van der Waals surface area (Å²) < 4.78 is 12.0. The van der Waals surface area contributed by atoms with Crippen molar-refractivity contribution in [3.05, 3.63) is 34.9 Å². The van der Waals surface area contributed by atoms with E-state index >= 15 is 0 Å². The highest BCUT2D eigenvalue weighted by atomic mass is 32.2. The number of aryl methyl sites for hydroxylation is 2. The molecular weight excluding hydrogens is 242 g/mol. The molecule has 2 nitrogen and oxygen atoms in total. The van der Waals surface area contributed by atoms with Crippen LogP contribution in [0, 0.1) is 19.8 Å². The molecule has 0 radical (unpaired) electrons. The number of hydrogen-bond acceptors (Lipinski definition) is 2. The molecule has 0 aromatic heterocycles. The summed E-state index contributed by atoms with van der Waals surface area (Å²) in [6.07, 6.45) is 1.07. The van der Waals surface area contributed by atoms with E-state index in [2.05, 4.69) is 39.8 Å². The lowest BCUT2D eigenvalue weighted by Crippen LogP contribution is -2.21. The summed E-state index contributed by atoms with van der Waals surface area (Å²) in [6.45, 7) is 8.44. The van der Waals surface area contributed by atoms with Crippen LogP contribution in [0.5, 0.6) is 0 Å². The molecule has 0 aliphatic carbocycles. The molecule has 0 aliphatic heterocycles. The van der Waals surface area contributed by atoms with Crippen LogP contribution in [0.1, 0.15) is 43.0 Å². The van der Waals surface area contributed by atoms with Gasteiger partial charge in [0.05, 0.1) is 0 Å². The van der Waals surface area contributed by atoms with Crippen LogP contribution < -0.4 is 5.73 Å². The first-order valence-corrected chi connectivity index (χ1v) is 8.10. The first kappa shape index (κ1) is 15.4. The second-order valence-corrected chi connectivity index (χ2v) is 6.78. The van der Waals surface area contributed by atoms with E-state index in [1.807, 2.05) is 6.07 Å².